The second-order valence-corrected chi connectivity index (χ2v) is 12.8. The molecule has 12 heteroatoms. The number of guanidine groups is 1. The number of nitrogens with zero attached hydrogens (tertiary/aromatic N) is 3. The Morgan fingerprint density at radius 1 is 1.17 bits per heavy atom. The molecule has 46 heavy (non-hydrogen) atoms. The van der Waals surface area contributed by atoms with Crippen molar-refractivity contribution in [3.05, 3.63) is 59.7 Å². The standard InChI is InChI=1S/C34H38N8O4/c1-34-30(45-3)23(40(2)32(44)20(35)11-8-14-38-33(36)37)15-24(46-34)41-21-12-6-4-9-17(21)26-27-19(16-39-31(27)43)25-18-10-5-7-13-22(18)42(34)29(25)28(26)41/h4-7,9-10,12-13,20,23-24,30H,8,11,14-16,35H2,1-3H3,(H,39,43)(H4,36,37,38)/t20-,23+,24+,30+,34-/m0/s1. The van der Waals surface area contributed by atoms with Gasteiger partial charge in [0.2, 0.25) is 5.91 Å². The number of aromatic nitrogens is 2. The summed E-state index contributed by atoms with van der Waals surface area (Å²) in [6.07, 6.45) is 0.462. The molecule has 3 aliphatic rings. The summed E-state index contributed by atoms with van der Waals surface area (Å²) in [6, 6.07) is 15.3. The third kappa shape index (κ3) is 3.74. The highest BCUT2D eigenvalue weighted by atomic mass is 16.6. The third-order valence-electron chi connectivity index (χ3n) is 10.4. The minimum Gasteiger partial charge on any atom is -0.374 e. The van der Waals surface area contributed by atoms with Crippen molar-refractivity contribution in [2.45, 2.75) is 62.9 Å². The van der Waals surface area contributed by atoms with Crippen molar-refractivity contribution in [1.29, 1.82) is 5.41 Å². The van der Waals surface area contributed by atoms with Crippen LogP contribution in [0.15, 0.2) is 48.5 Å². The van der Waals surface area contributed by atoms with Gasteiger partial charge in [0.25, 0.3) is 5.91 Å². The molecular formula is C34H38N8O4. The number of hydrogen-bond donors (Lipinski definition) is 5. The van der Waals surface area contributed by atoms with Crippen LogP contribution in [0, 0.1) is 5.41 Å². The van der Waals surface area contributed by atoms with E-state index in [9.17, 15) is 9.59 Å². The van der Waals surface area contributed by atoms with E-state index in [-0.39, 0.29) is 23.8 Å². The van der Waals surface area contributed by atoms with Gasteiger partial charge in [-0.15, -0.1) is 0 Å². The second kappa shape index (κ2) is 10.2. The highest BCUT2D eigenvalue weighted by Crippen LogP contribution is 2.54. The Balaban J connectivity index is 1.36. The van der Waals surface area contributed by atoms with Crippen LogP contribution in [0.1, 0.15) is 48.3 Å². The molecule has 0 saturated carbocycles. The molecule has 1 fully saturated rings. The Morgan fingerprint density at radius 2 is 1.87 bits per heavy atom. The van der Waals surface area contributed by atoms with Crippen LogP contribution in [0.2, 0.25) is 0 Å². The van der Waals surface area contributed by atoms with Crippen molar-refractivity contribution >= 4 is 61.4 Å². The lowest BCUT2D eigenvalue weighted by atomic mass is 9.91. The SMILES string of the molecule is CO[C@@H]1[C@H](N(C)C(=O)[C@@H](N)CCCNC(=N)N)C[C@H]2O[C@]1(C)n1c3ccccc3c3c4c(c5c6ccccc6n2c5c31)C(=O)NC4. The molecule has 5 atom stereocenters. The molecule has 2 aromatic heterocycles. The van der Waals surface area contributed by atoms with Gasteiger partial charge in [-0.3, -0.25) is 15.0 Å². The minimum absolute atomic E-state index is 0.0681. The fourth-order valence-corrected chi connectivity index (χ4v) is 8.49. The van der Waals surface area contributed by atoms with Gasteiger partial charge in [-0.05, 0) is 37.5 Å². The first kappa shape index (κ1) is 28.8. The predicted octanol–water partition coefficient (Wildman–Crippen LogP) is 3.18. The van der Waals surface area contributed by atoms with Gasteiger partial charge in [0.05, 0.1) is 39.7 Å². The highest BCUT2D eigenvalue weighted by Gasteiger charge is 2.55. The molecule has 8 rings (SSSR count). The Hall–Kier alpha value is -4.65. The van der Waals surface area contributed by atoms with Gasteiger partial charge in [-0.25, -0.2) is 0 Å². The van der Waals surface area contributed by atoms with E-state index in [4.69, 9.17) is 26.4 Å². The molecule has 1 saturated heterocycles. The molecule has 0 aliphatic carbocycles. The number of likely N-dealkylation sites (N-methyl/N-ethyl adjacent to an activating group) is 1. The minimum atomic E-state index is -1.04. The van der Waals surface area contributed by atoms with E-state index < -0.39 is 24.1 Å². The van der Waals surface area contributed by atoms with Crippen LogP contribution in [-0.2, 0) is 26.5 Å². The average molecular weight is 623 g/mol. The van der Waals surface area contributed by atoms with Gasteiger partial charge < -0.3 is 45.6 Å². The van der Waals surface area contributed by atoms with E-state index in [1.54, 1.807) is 19.1 Å². The number of rotatable bonds is 7. The van der Waals surface area contributed by atoms with Crippen molar-refractivity contribution in [2.75, 3.05) is 20.7 Å². The van der Waals surface area contributed by atoms with Gasteiger partial charge in [0, 0.05) is 55.2 Å². The van der Waals surface area contributed by atoms with E-state index in [1.807, 2.05) is 24.3 Å². The van der Waals surface area contributed by atoms with Crippen LogP contribution < -0.4 is 22.1 Å². The van der Waals surface area contributed by atoms with Gasteiger partial charge in [0.1, 0.15) is 12.3 Å². The number of amides is 2. The van der Waals surface area contributed by atoms with Crippen LogP contribution in [0.4, 0.5) is 0 Å². The monoisotopic (exact) mass is 622 g/mol. The van der Waals surface area contributed by atoms with Gasteiger partial charge in [0.15, 0.2) is 11.7 Å². The average Bonchev–Trinajstić information content (AvgIpc) is 3.69. The third-order valence-corrected chi connectivity index (χ3v) is 10.4. The Bertz CT molecular complexity index is 2120. The molecule has 7 N–H and O–H groups in total. The Kier molecular flexibility index (Phi) is 6.37. The topological polar surface area (TPSA) is 166 Å². The number of carbonyl (C=O) groups is 2. The zero-order chi connectivity index (χ0) is 32.1. The summed E-state index contributed by atoms with van der Waals surface area (Å²) < 4.78 is 18.0. The van der Waals surface area contributed by atoms with Crippen molar-refractivity contribution in [1.82, 2.24) is 24.7 Å². The normalized spacial score (nSPS) is 24.0. The lowest BCUT2D eigenvalue weighted by Crippen LogP contribution is -2.62. The van der Waals surface area contributed by atoms with Crippen LogP contribution in [-0.4, -0.2) is 70.7 Å². The van der Waals surface area contributed by atoms with Gasteiger partial charge >= 0.3 is 0 Å². The van der Waals surface area contributed by atoms with Crippen LogP contribution in [0.5, 0.6) is 0 Å². The number of methoxy groups -OCH3 is 1. The van der Waals surface area contributed by atoms with Gasteiger partial charge in [-0.2, -0.15) is 0 Å². The van der Waals surface area contributed by atoms with Gasteiger partial charge in [-0.1, -0.05) is 36.4 Å². The summed E-state index contributed by atoms with van der Waals surface area (Å²) >= 11 is 0. The second-order valence-electron chi connectivity index (χ2n) is 12.8. The van der Waals surface area contributed by atoms with E-state index in [0.29, 0.717) is 32.4 Å². The lowest BCUT2D eigenvalue weighted by molar-refractivity contribution is -0.266. The molecule has 5 aromatic rings. The van der Waals surface area contributed by atoms with Crippen LogP contribution in [0.25, 0.3) is 43.6 Å². The smallest absolute Gasteiger partial charge is 0.252 e. The van der Waals surface area contributed by atoms with E-state index >= 15 is 0 Å². The molecule has 2 bridgehead atoms. The van der Waals surface area contributed by atoms with E-state index in [1.165, 1.54) is 0 Å². The zero-order valence-corrected chi connectivity index (χ0v) is 26.1. The molecule has 5 heterocycles. The maximum Gasteiger partial charge on any atom is 0.252 e. The van der Waals surface area contributed by atoms with E-state index in [2.05, 4.69) is 51.0 Å². The van der Waals surface area contributed by atoms with Crippen LogP contribution >= 0.6 is 0 Å². The number of nitrogens with one attached hydrogen (secondary N) is 3. The number of hydrogen-bond acceptors (Lipinski definition) is 6. The maximum atomic E-state index is 13.9. The summed E-state index contributed by atoms with van der Waals surface area (Å²) in [5.41, 5.74) is 16.4. The van der Waals surface area contributed by atoms with Crippen molar-refractivity contribution < 1.29 is 19.1 Å². The molecule has 2 amide bonds. The summed E-state index contributed by atoms with van der Waals surface area (Å²) in [6.45, 7) is 2.96. The first-order valence-corrected chi connectivity index (χ1v) is 15.8. The number of para-hydroxylation sites is 2. The number of fused-ring (bicyclic) bond motifs is 13. The molecular weight excluding hydrogens is 584 g/mol. The molecule has 0 unspecified atom stereocenters. The Labute approximate surface area is 265 Å². The molecule has 238 valence electrons. The molecule has 3 aromatic carbocycles. The number of ether oxygens (including phenoxy) is 2. The van der Waals surface area contributed by atoms with E-state index in [0.717, 1.165) is 54.7 Å². The number of nitrogens with two attached hydrogens (primary N) is 2. The highest BCUT2D eigenvalue weighted by molar-refractivity contribution is 6.31. The molecule has 3 aliphatic heterocycles. The molecule has 12 nitrogen and oxygen atoms in total. The van der Waals surface area contributed by atoms with Crippen LogP contribution in [0.3, 0.4) is 0 Å². The number of carbonyl (C=O) groups excluding carboxylic acids is 2. The van der Waals surface area contributed by atoms with Crippen molar-refractivity contribution in [3.63, 3.8) is 0 Å². The quantitative estimate of drug-likeness (QED) is 0.106. The zero-order valence-electron chi connectivity index (χ0n) is 26.1. The first-order chi connectivity index (χ1) is 22.2. The fourth-order valence-electron chi connectivity index (χ4n) is 8.49. The first-order valence-electron chi connectivity index (χ1n) is 15.8. The predicted molar refractivity (Wildman–Crippen MR) is 176 cm³/mol. The summed E-state index contributed by atoms with van der Waals surface area (Å²) in [5, 5.41) is 17.2. The number of benzene rings is 3. The van der Waals surface area contributed by atoms with Crippen molar-refractivity contribution in [2.24, 2.45) is 11.5 Å². The Morgan fingerprint density at radius 3 is 2.59 bits per heavy atom. The largest absolute Gasteiger partial charge is 0.374 e. The summed E-state index contributed by atoms with van der Waals surface area (Å²) in [7, 11) is 3.47. The fraction of sp³-hybridized carbons (Fsp3) is 0.382. The molecule has 0 spiro atoms. The van der Waals surface area contributed by atoms with Crippen molar-refractivity contribution in [3.8, 4) is 0 Å². The summed E-state index contributed by atoms with van der Waals surface area (Å²) in [4.78, 5) is 29.2. The summed E-state index contributed by atoms with van der Waals surface area (Å²) in [5.74, 6) is -0.361. The molecule has 0 radical (unpaired) electrons. The maximum absolute atomic E-state index is 13.9. The lowest BCUT2D eigenvalue weighted by Gasteiger charge is -2.50.